The van der Waals surface area contributed by atoms with Crippen LogP contribution in [0.5, 0.6) is 28.7 Å². The lowest BCUT2D eigenvalue weighted by molar-refractivity contribution is -0.184. The number of thioether (sulfide) groups is 1. The maximum absolute atomic E-state index is 14.0. The van der Waals surface area contributed by atoms with Crippen molar-refractivity contribution >= 4 is 35.5 Å². The number of nitrogens with zero attached hydrogens (tertiary/aromatic N) is 2. The zero-order valence-electron chi connectivity index (χ0n) is 32.1. The average molecular weight is 784 g/mol. The normalized spacial score (nSPS) is 27.9. The highest BCUT2D eigenvalue weighted by Crippen LogP contribution is 2.63. The van der Waals surface area contributed by atoms with Gasteiger partial charge in [-0.25, -0.2) is 4.79 Å². The molecule has 9 atom stereocenters. The smallest absolute Gasteiger partial charge is 0.329 e. The number of carbonyl (C=O) groups excluding carboxylic acids is 4. The Kier molecular flexibility index (Phi) is 10.4. The molecule has 2 saturated heterocycles. The third-order valence-electron chi connectivity index (χ3n) is 11.5. The van der Waals surface area contributed by atoms with E-state index < -0.39 is 77.5 Å². The molecule has 17 heteroatoms. The van der Waals surface area contributed by atoms with E-state index >= 15 is 0 Å². The van der Waals surface area contributed by atoms with Gasteiger partial charge >= 0.3 is 11.9 Å². The van der Waals surface area contributed by atoms with E-state index in [2.05, 4.69) is 15.5 Å². The Balaban J connectivity index is 1.41. The summed E-state index contributed by atoms with van der Waals surface area (Å²) in [6.07, 6.45) is -0.673. The van der Waals surface area contributed by atoms with E-state index in [0.717, 1.165) is 11.1 Å². The number of phenolic OH excluding ortho intramolecular Hbond substituents is 1. The molecule has 3 unspecified atom stereocenters. The Labute approximate surface area is 323 Å². The van der Waals surface area contributed by atoms with E-state index in [0.29, 0.717) is 45.9 Å². The summed E-state index contributed by atoms with van der Waals surface area (Å²) >= 11 is 1.31. The van der Waals surface area contributed by atoms with Crippen LogP contribution in [-0.4, -0.2) is 114 Å². The summed E-state index contributed by atoms with van der Waals surface area (Å²) in [6.45, 7) is 9.62. The number of aromatic hydroxyl groups is 1. The highest BCUT2D eigenvalue weighted by Gasteiger charge is 2.60. The van der Waals surface area contributed by atoms with Gasteiger partial charge in [-0.05, 0) is 51.3 Å². The van der Waals surface area contributed by atoms with Gasteiger partial charge in [0.15, 0.2) is 23.0 Å². The Bertz CT molecular complexity index is 1940. The topological polar surface area (TPSA) is 211 Å². The van der Waals surface area contributed by atoms with Crippen LogP contribution in [0.3, 0.4) is 0 Å². The molecule has 2 aromatic rings. The number of benzene rings is 2. The predicted molar refractivity (Wildman–Crippen MR) is 199 cm³/mol. The van der Waals surface area contributed by atoms with Crippen LogP contribution in [0.1, 0.15) is 78.4 Å². The van der Waals surface area contributed by atoms with Crippen molar-refractivity contribution < 1.29 is 53.1 Å². The van der Waals surface area contributed by atoms with Crippen molar-refractivity contribution in [1.82, 2.24) is 20.4 Å². The van der Waals surface area contributed by atoms with E-state index in [4.69, 9.17) is 29.4 Å². The minimum absolute atomic E-state index is 0.00505. The molecule has 298 valence electrons. The van der Waals surface area contributed by atoms with Crippen LogP contribution in [0.15, 0.2) is 6.07 Å². The van der Waals surface area contributed by atoms with E-state index in [1.54, 1.807) is 20.8 Å². The zero-order valence-corrected chi connectivity index (χ0v) is 32.9. The fourth-order valence-electron chi connectivity index (χ4n) is 8.96. The number of aryl methyl sites for hydroxylation is 1. The molecule has 55 heavy (non-hydrogen) atoms. The summed E-state index contributed by atoms with van der Waals surface area (Å²) in [5, 5.41) is 29.2. The molecule has 2 amide bonds. The number of ether oxygens (including phenoxy) is 5. The monoisotopic (exact) mass is 783 g/mol. The van der Waals surface area contributed by atoms with Gasteiger partial charge in [-0.3, -0.25) is 24.2 Å². The molecular weight excluding hydrogens is 735 g/mol. The number of carbonyl (C=O) groups is 4. The van der Waals surface area contributed by atoms with Gasteiger partial charge in [0.2, 0.25) is 18.6 Å². The number of amides is 2. The molecule has 6 N–H and O–H groups in total. The standard InChI is InChI=1S/C38H49N5O11S/c1-14(2)26(41-35(46)17(5)39)36(47)40-20-12-55-34-25-24(33-32(52-13-53-33)16(4)31(25)54-18(6)44)22(11-51-38(20)49)43-28(34)27-23-19(10-21(37(43)48)42(27)7)9-15(3)30(50-8)29(23)45/h9,14,17,20-22,26-28,34,37,45,48H,10-13,39H2,1-8H3,(H,40,47)(H,41,46)/t17?,20-,21-,22-,26?,27+,28?,34+,37-/m0/s1. The Morgan fingerprint density at radius 3 is 2.42 bits per heavy atom. The number of likely N-dealkylation sites (N-methyl/N-ethyl adjacent to an activating group) is 1. The highest BCUT2D eigenvalue weighted by atomic mass is 32.2. The number of esters is 2. The molecule has 5 aliphatic heterocycles. The van der Waals surface area contributed by atoms with Gasteiger partial charge in [-0.1, -0.05) is 19.9 Å². The highest BCUT2D eigenvalue weighted by molar-refractivity contribution is 7.99. The largest absolute Gasteiger partial charge is 0.504 e. The van der Waals surface area contributed by atoms with Crippen molar-refractivity contribution in [3.05, 3.63) is 39.4 Å². The predicted octanol–water partition coefficient (Wildman–Crippen LogP) is 1.63. The number of hydrogen-bond donors (Lipinski definition) is 5. The van der Waals surface area contributed by atoms with Crippen LogP contribution in [0, 0.1) is 19.8 Å². The average Bonchev–Trinajstić information content (AvgIpc) is 3.61. The van der Waals surface area contributed by atoms with Gasteiger partial charge in [0.1, 0.15) is 30.7 Å². The summed E-state index contributed by atoms with van der Waals surface area (Å²) in [5.41, 5.74) is 9.74. The number of rotatable bonds is 7. The van der Waals surface area contributed by atoms with Gasteiger partial charge in [0.25, 0.3) is 0 Å². The molecule has 0 aliphatic carbocycles. The first kappa shape index (κ1) is 39.0. The number of fused-ring (bicyclic) bond motifs is 9. The quantitative estimate of drug-likeness (QED) is 0.200. The molecule has 7 rings (SSSR count). The number of hydrogen-bond acceptors (Lipinski definition) is 15. The molecular formula is C38H49N5O11S. The first-order chi connectivity index (χ1) is 26.1. The maximum Gasteiger partial charge on any atom is 0.329 e. The van der Waals surface area contributed by atoms with E-state index in [1.807, 2.05) is 24.9 Å². The third kappa shape index (κ3) is 6.33. The zero-order chi connectivity index (χ0) is 39.8. The Morgan fingerprint density at radius 1 is 1.05 bits per heavy atom. The van der Waals surface area contributed by atoms with Crippen LogP contribution in [0.2, 0.25) is 0 Å². The second-order valence-corrected chi connectivity index (χ2v) is 16.5. The minimum Gasteiger partial charge on any atom is -0.504 e. The van der Waals surface area contributed by atoms with Crippen LogP contribution >= 0.6 is 11.8 Å². The molecule has 0 radical (unpaired) electrons. The molecule has 5 heterocycles. The second kappa shape index (κ2) is 14.7. The number of methoxy groups -OCH3 is 1. The van der Waals surface area contributed by atoms with Crippen LogP contribution in [-0.2, 0) is 30.3 Å². The lowest BCUT2D eigenvalue weighted by Gasteiger charge is -2.62. The fourth-order valence-corrected chi connectivity index (χ4v) is 10.5. The van der Waals surface area contributed by atoms with Crippen LogP contribution in [0.4, 0.5) is 0 Å². The lowest BCUT2D eigenvalue weighted by Crippen LogP contribution is -2.69. The van der Waals surface area contributed by atoms with Gasteiger partial charge in [-0.15, -0.1) is 11.8 Å². The SMILES string of the molecule is COc1c(C)cc2c(c1O)[C@@H]1C3[C@@H]4SC[C@H](NC(=O)C(NC(=O)C(C)N)C(C)C)C(=O)OC[C@@H](c5c6c(c(C)c(OC(C)=O)c54)OCO6)N3[C@@H](O)[C@H](C2)N1C. The van der Waals surface area contributed by atoms with Crippen LogP contribution < -0.4 is 35.3 Å². The third-order valence-corrected chi connectivity index (χ3v) is 12.9. The second-order valence-electron chi connectivity index (χ2n) is 15.3. The molecule has 5 aliphatic rings. The lowest BCUT2D eigenvalue weighted by atomic mass is 9.73. The first-order valence-corrected chi connectivity index (χ1v) is 19.5. The molecule has 2 aromatic carbocycles. The number of nitrogens with two attached hydrogens (primary N) is 1. The van der Waals surface area contributed by atoms with Crippen LogP contribution in [0.25, 0.3) is 0 Å². The van der Waals surface area contributed by atoms with Crippen molar-refractivity contribution in [2.24, 2.45) is 11.7 Å². The molecule has 0 saturated carbocycles. The molecule has 2 fully saturated rings. The number of nitrogens with one attached hydrogen (secondary N) is 2. The molecule has 16 nitrogen and oxygen atoms in total. The van der Waals surface area contributed by atoms with Crippen molar-refractivity contribution in [1.29, 1.82) is 0 Å². The van der Waals surface area contributed by atoms with Crippen molar-refractivity contribution in [2.45, 2.75) is 102 Å². The Hall–Kier alpha value is -4.29. The first-order valence-electron chi connectivity index (χ1n) is 18.4. The summed E-state index contributed by atoms with van der Waals surface area (Å²) in [6, 6.07) is -3.48. The van der Waals surface area contributed by atoms with Crippen molar-refractivity contribution in [2.75, 3.05) is 33.3 Å². The summed E-state index contributed by atoms with van der Waals surface area (Å²) in [4.78, 5) is 57.1. The molecule has 0 spiro atoms. The van der Waals surface area contributed by atoms with Gasteiger partial charge in [-0.2, -0.15) is 0 Å². The van der Waals surface area contributed by atoms with Gasteiger partial charge in [0, 0.05) is 41.0 Å². The van der Waals surface area contributed by atoms with Crippen molar-refractivity contribution in [3.8, 4) is 28.7 Å². The van der Waals surface area contributed by atoms with E-state index in [-0.39, 0.29) is 36.6 Å². The van der Waals surface area contributed by atoms with E-state index in [1.165, 1.54) is 32.7 Å². The van der Waals surface area contributed by atoms with Gasteiger partial charge in [0.05, 0.1) is 36.5 Å². The summed E-state index contributed by atoms with van der Waals surface area (Å²) < 4.78 is 29.8. The Morgan fingerprint density at radius 2 is 1.76 bits per heavy atom. The number of aliphatic hydroxyl groups excluding tert-OH is 1. The molecule has 4 bridgehead atoms. The maximum atomic E-state index is 14.0. The molecule has 0 aromatic heterocycles. The number of phenols is 1. The minimum atomic E-state index is -1.16. The fraction of sp³-hybridized carbons (Fsp3) is 0.579. The van der Waals surface area contributed by atoms with Crippen molar-refractivity contribution in [3.63, 3.8) is 0 Å². The number of aliphatic hydroxyl groups is 1. The van der Waals surface area contributed by atoms with E-state index in [9.17, 15) is 29.4 Å². The summed E-state index contributed by atoms with van der Waals surface area (Å²) in [7, 11) is 3.41. The number of piperazine rings is 1. The number of cyclic esters (lactones) is 1. The van der Waals surface area contributed by atoms with Gasteiger partial charge < -0.3 is 50.3 Å². The summed E-state index contributed by atoms with van der Waals surface area (Å²) in [5.74, 6) is -1.34.